The number of nitrogens with zero attached hydrogens (tertiary/aromatic N) is 1. The molecule has 0 unspecified atom stereocenters. The molecule has 2 rings (SSSR count). The molecule has 2 N–H and O–H groups in total. The van der Waals surface area contributed by atoms with E-state index in [4.69, 9.17) is 0 Å². The Morgan fingerprint density at radius 1 is 1.25 bits per heavy atom. The molecule has 0 radical (unpaired) electrons. The first kappa shape index (κ1) is 14.9. The molecular formula is C16H25N3O. The molecule has 1 amide bonds. The number of nitrogens with one attached hydrogen (secondary N) is 2. The van der Waals surface area contributed by atoms with Gasteiger partial charge in [-0.2, -0.15) is 0 Å². The molecule has 110 valence electrons. The fourth-order valence-electron chi connectivity index (χ4n) is 2.65. The monoisotopic (exact) mass is 275 g/mol. The highest BCUT2D eigenvalue weighted by molar-refractivity contribution is 5.95. The first-order valence-corrected chi connectivity index (χ1v) is 7.63. The molecule has 1 aromatic carbocycles. The average Bonchev–Trinajstić information content (AvgIpc) is 2.51. The number of benzene rings is 1. The summed E-state index contributed by atoms with van der Waals surface area (Å²) < 4.78 is 0. The predicted octanol–water partition coefficient (Wildman–Crippen LogP) is 2.61. The molecule has 0 bridgehead atoms. The maximum Gasteiger partial charge on any atom is 0.241 e. The van der Waals surface area contributed by atoms with Gasteiger partial charge in [-0.15, -0.1) is 0 Å². The van der Waals surface area contributed by atoms with E-state index < -0.39 is 0 Å². The van der Waals surface area contributed by atoms with Crippen molar-refractivity contribution in [3.05, 3.63) is 24.3 Å². The molecule has 4 nitrogen and oxygen atoms in total. The molecule has 1 atom stereocenters. The van der Waals surface area contributed by atoms with Crippen LogP contribution in [0.5, 0.6) is 0 Å². The highest BCUT2D eigenvalue weighted by Crippen LogP contribution is 2.18. The molecule has 1 aliphatic heterocycles. The number of amides is 1. The van der Waals surface area contributed by atoms with Crippen LogP contribution in [0.25, 0.3) is 0 Å². The van der Waals surface area contributed by atoms with Gasteiger partial charge in [0.25, 0.3) is 0 Å². The standard InChI is InChI=1S/C16H25N3O/c1-3-19(4-2)14-10-8-13(9-11-14)18-16(20)15-7-5-6-12-17-15/h8-11,15,17H,3-7,12H2,1-2H3,(H,18,20)/t15-/m1/s1. The van der Waals surface area contributed by atoms with Crippen molar-refractivity contribution in [1.82, 2.24) is 5.32 Å². The number of rotatable bonds is 5. The maximum absolute atomic E-state index is 12.1. The van der Waals surface area contributed by atoms with E-state index in [0.29, 0.717) is 0 Å². The molecule has 0 aromatic heterocycles. The van der Waals surface area contributed by atoms with E-state index >= 15 is 0 Å². The predicted molar refractivity (Wildman–Crippen MR) is 84.3 cm³/mol. The smallest absolute Gasteiger partial charge is 0.241 e. The molecule has 1 heterocycles. The zero-order valence-electron chi connectivity index (χ0n) is 12.5. The van der Waals surface area contributed by atoms with Crippen molar-refractivity contribution in [1.29, 1.82) is 0 Å². The van der Waals surface area contributed by atoms with E-state index in [9.17, 15) is 4.79 Å². The number of hydrogen-bond donors (Lipinski definition) is 2. The van der Waals surface area contributed by atoms with Crippen molar-refractivity contribution >= 4 is 17.3 Å². The van der Waals surface area contributed by atoms with E-state index in [1.54, 1.807) is 0 Å². The van der Waals surface area contributed by atoms with Gasteiger partial charge in [-0.05, 0) is 57.5 Å². The van der Waals surface area contributed by atoms with Crippen LogP contribution in [0.1, 0.15) is 33.1 Å². The lowest BCUT2D eigenvalue weighted by atomic mass is 10.0. The fraction of sp³-hybridized carbons (Fsp3) is 0.562. The zero-order valence-corrected chi connectivity index (χ0v) is 12.5. The van der Waals surface area contributed by atoms with Crippen LogP contribution >= 0.6 is 0 Å². The third-order valence-electron chi connectivity index (χ3n) is 3.89. The van der Waals surface area contributed by atoms with Crippen molar-refractivity contribution in [3.63, 3.8) is 0 Å². The second-order valence-electron chi connectivity index (χ2n) is 5.21. The van der Waals surface area contributed by atoms with Crippen molar-refractivity contribution < 1.29 is 4.79 Å². The summed E-state index contributed by atoms with van der Waals surface area (Å²) >= 11 is 0. The van der Waals surface area contributed by atoms with Gasteiger partial charge in [-0.1, -0.05) is 6.42 Å². The highest BCUT2D eigenvalue weighted by Gasteiger charge is 2.20. The van der Waals surface area contributed by atoms with Crippen LogP contribution in [0.15, 0.2) is 24.3 Å². The number of carbonyl (C=O) groups excluding carboxylic acids is 1. The van der Waals surface area contributed by atoms with Gasteiger partial charge >= 0.3 is 0 Å². The van der Waals surface area contributed by atoms with Crippen molar-refractivity contribution in [3.8, 4) is 0 Å². The Kier molecular flexibility index (Phi) is 5.41. The van der Waals surface area contributed by atoms with Gasteiger partial charge in [0.05, 0.1) is 6.04 Å². The molecule has 1 aromatic rings. The van der Waals surface area contributed by atoms with E-state index in [1.165, 1.54) is 12.1 Å². The minimum Gasteiger partial charge on any atom is -0.372 e. The van der Waals surface area contributed by atoms with Crippen LogP contribution in [0.2, 0.25) is 0 Å². The minimum absolute atomic E-state index is 0.0359. The van der Waals surface area contributed by atoms with Crippen molar-refractivity contribution in [2.75, 3.05) is 29.9 Å². The number of carbonyl (C=O) groups is 1. The normalized spacial score (nSPS) is 18.6. The molecule has 0 saturated carbocycles. The van der Waals surface area contributed by atoms with E-state index in [0.717, 1.165) is 38.2 Å². The second-order valence-corrected chi connectivity index (χ2v) is 5.21. The lowest BCUT2D eigenvalue weighted by Crippen LogP contribution is -2.43. The zero-order chi connectivity index (χ0) is 14.4. The van der Waals surface area contributed by atoms with Crippen LogP contribution in [-0.4, -0.2) is 31.6 Å². The van der Waals surface area contributed by atoms with Crippen LogP contribution in [0, 0.1) is 0 Å². The molecule has 1 fully saturated rings. The Bertz CT molecular complexity index is 420. The molecule has 1 saturated heterocycles. The topological polar surface area (TPSA) is 44.4 Å². The lowest BCUT2D eigenvalue weighted by molar-refractivity contribution is -0.118. The molecule has 20 heavy (non-hydrogen) atoms. The summed E-state index contributed by atoms with van der Waals surface area (Å²) in [6.07, 6.45) is 3.23. The highest BCUT2D eigenvalue weighted by atomic mass is 16.2. The van der Waals surface area contributed by atoms with Gasteiger partial charge in [0.15, 0.2) is 0 Å². The lowest BCUT2D eigenvalue weighted by Gasteiger charge is -2.23. The van der Waals surface area contributed by atoms with Gasteiger partial charge in [0.2, 0.25) is 5.91 Å². The number of hydrogen-bond acceptors (Lipinski definition) is 3. The first-order chi connectivity index (χ1) is 9.74. The van der Waals surface area contributed by atoms with Gasteiger partial charge in [-0.25, -0.2) is 0 Å². The summed E-state index contributed by atoms with van der Waals surface area (Å²) in [5, 5.41) is 6.26. The maximum atomic E-state index is 12.1. The van der Waals surface area contributed by atoms with E-state index in [2.05, 4.69) is 41.5 Å². The number of anilines is 2. The summed E-state index contributed by atoms with van der Waals surface area (Å²) in [6, 6.07) is 8.06. The Morgan fingerprint density at radius 3 is 2.50 bits per heavy atom. The van der Waals surface area contributed by atoms with Gasteiger partial charge < -0.3 is 15.5 Å². The molecule has 0 aliphatic carbocycles. The summed E-state index contributed by atoms with van der Waals surface area (Å²) in [4.78, 5) is 14.4. The van der Waals surface area contributed by atoms with E-state index in [1.807, 2.05) is 12.1 Å². The summed E-state index contributed by atoms with van der Waals surface area (Å²) in [5.41, 5.74) is 2.07. The summed E-state index contributed by atoms with van der Waals surface area (Å²) in [7, 11) is 0. The van der Waals surface area contributed by atoms with Crippen LogP contribution in [0.4, 0.5) is 11.4 Å². The van der Waals surface area contributed by atoms with Crippen molar-refractivity contribution in [2.24, 2.45) is 0 Å². The quantitative estimate of drug-likeness (QED) is 0.868. The minimum atomic E-state index is -0.0359. The molecule has 0 spiro atoms. The molecular weight excluding hydrogens is 250 g/mol. The second kappa shape index (κ2) is 7.29. The Hall–Kier alpha value is -1.55. The summed E-state index contributed by atoms with van der Waals surface area (Å²) in [5.74, 6) is 0.0836. The van der Waals surface area contributed by atoms with Crippen LogP contribution in [-0.2, 0) is 4.79 Å². The average molecular weight is 275 g/mol. The Balaban J connectivity index is 1.94. The van der Waals surface area contributed by atoms with Crippen LogP contribution < -0.4 is 15.5 Å². The van der Waals surface area contributed by atoms with Gasteiger partial charge in [0, 0.05) is 24.5 Å². The third kappa shape index (κ3) is 3.73. The fourth-order valence-corrected chi connectivity index (χ4v) is 2.65. The molecule has 4 heteroatoms. The Labute approximate surface area is 121 Å². The number of piperidine rings is 1. The van der Waals surface area contributed by atoms with Gasteiger partial charge in [-0.3, -0.25) is 4.79 Å². The van der Waals surface area contributed by atoms with Crippen molar-refractivity contribution in [2.45, 2.75) is 39.2 Å². The van der Waals surface area contributed by atoms with Gasteiger partial charge in [0.1, 0.15) is 0 Å². The molecule has 1 aliphatic rings. The largest absolute Gasteiger partial charge is 0.372 e. The first-order valence-electron chi connectivity index (χ1n) is 7.63. The Morgan fingerprint density at radius 2 is 1.95 bits per heavy atom. The summed E-state index contributed by atoms with van der Waals surface area (Å²) in [6.45, 7) is 7.23. The SMILES string of the molecule is CCN(CC)c1ccc(NC(=O)[C@H]2CCCCN2)cc1. The van der Waals surface area contributed by atoms with E-state index in [-0.39, 0.29) is 11.9 Å². The third-order valence-corrected chi connectivity index (χ3v) is 3.89. The van der Waals surface area contributed by atoms with Crippen LogP contribution in [0.3, 0.4) is 0 Å².